The summed E-state index contributed by atoms with van der Waals surface area (Å²) in [5.41, 5.74) is 1.28. The molecule has 0 bridgehead atoms. The number of anilines is 1. The van der Waals surface area contributed by atoms with Crippen molar-refractivity contribution in [2.45, 2.75) is 6.54 Å². The number of imidazole rings is 1. The Morgan fingerprint density at radius 3 is 2.86 bits per heavy atom. The van der Waals surface area contributed by atoms with Crippen LogP contribution in [0.1, 0.15) is 5.56 Å². The SMILES string of the molecule is Fc1cc(CNc2ncc(Cl)cc2Br)ccc1-n1ccnc1. The lowest BCUT2D eigenvalue weighted by atomic mass is 10.2. The molecule has 0 amide bonds. The van der Waals surface area contributed by atoms with Gasteiger partial charge in [0.25, 0.3) is 0 Å². The van der Waals surface area contributed by atoms with Crippen molar-refractivity contribution in [2.24, 2.45) is 0 Å². The summed E-state index contributed by atoms with van der Waals surface area (Å²) in [4.78, 5) is 8.09. The van der Waals surface area contributed by atoms with Crippen molar-refractivity contribution in [1.29, 1.82) is 0 Å². The molecule has 1 N–H and O–H groups in total. The summed E-state index contributed by atoms with van der Waals surface area (Å²) < 4.78 is 16.5. The summed E-state index contributed by atoms with van der Waals surface area (Å²) in [5, 5.41) is 3.68. The van der Waals surface area contributed by atoms with Gasteiger partial charge in [0.2, 0.25) is 0 Å². The highest BCUT2D eigenvalue weighted by molar-refractivity contribution is 9.10. The highest BCUT2D eigenvalue weighted by Gasteiger charge is 2.07. The molecule has 0 aliphatic heterocycles. The van der Waals surface area contributed by atoms with Gasteiger partial charge in [-0.25, -0.2) is 14.4 Å². The third-order valence-corrected chi connectivity index (χ3v) is 3.87. The molecule has 0 saturated heterocycles. The first-order valence-corrected chi connectivity index (χ1v) is 7.62. The molecule has 0 aliphatic rings. The van der Waals surface area contributed by atoms with Gasteiger partial charge in [-0.05, 0) is 39.7 Å². The van der Waals surface area contributed by atoms with Gasteiger partial charge in [-0.1, -0.05) is 17.7 Å². The van der Waals surface area contributed by atoms with Crippen LogP contribution in [0.25, 0.3) is 5.69 Å². The molecule has 0 aliphatic carbocycles. The van der Waals surface area contributed by atoms with E-state index >= 15 is 0 Å². The Morgan fingerprint density at radius 2 is 2.18 bits per heavy atom. The number of benzene rings is 1. The van der Waals surface area contributed by atoms with Crippen LogP contribution in [-0.2, 0) is 6.54 Å². The van der Waals surface area contributed by atoms with Gasteiger partial charge in [-0.3, -0.25) is 0 Å². The Bertz CT molecular complexity index is 792. The Morgan fingerprint density at radius 1 is 1.32 bits per heavy atom. The predicted octanol–water partition coefficient (Wildman–Crippen LogP) is 4.43. The first-order chi connectivity index (χ1) is 10.6. The fraction of sp³-hybridized carbons (Fsp3) is 0.0667. The topological polar surface area (TPSA) is 42.7 Å². The van der Waals surface area contributed by atoms with E-state index in [0.717, 1.165) is 10.0 Å². The van der Waals surface area contributed by atoms with Crippen molar-refractivity contribution < 1.29 is 4.39 Å². The van der Waals surface area contributed by atoms with Gasteiger partial charge < -0.3 is 9.88 Å². The molecule has 3 rings (SSSR count). The first-order valence-electron chi connectivity index (χ1n) is 6.45. The van der Waals surface area contributed by atoms with E-state index in [1.54, 1.807) is 41.6 Å². The second-order valence-electron chi connectivity index (χ2n) is 4.59. The van der Waals surface area contributed by atoms with E-state index in [4.69, 9.17) is 11.6 Å². The molecule has 2 aromatic heterocycles. The zero-order valence-corrected chi connectivity index (χ0v) is 13.6. The minimum atomic E-state index is -0.305. The van der Waals surface area contributed by atoms with Crippen molar-refractivity contribution in [3.8, 4) is 5.69 Å². The van der Waals surface area contributed by atoms with Crippen LogP contribution in [0.15, 0.2) is 53.7 Å². The Kier molecular flexibility index (Phi) is 4.40. The fourth-order valence-corrected chi connectivity index (χ4v) is 2.78. The summed E-state index contributed by atoms with van der Waals surface area (Å²) >= 11 is 9.22. The highest BCUT2D eigenvalue weighted by Crippen LogP contribution is 2.24. The van der Waals surface area contributed by atoms with Gasteiger partial charge in [-0.2, -0.15) is 0 Å². The number of hydrogen-bond acceptors (Lipinski definition) is 3. The molecule has 0 spiro atoms. The molecule has 112 valence electrons. The number of hydrogen-bond donors (Lipinski definition) is 1. The van der Waals surface area contributed by atoms with Crippen LogP contribution in [0.3, 0.4) is 0 Å². The third kappa shape index (κ3) is 3.28. The van der Waals surface area contributed by atoms with Crippen molar-refractivity contribution in [1.82, 2.24) is 14.5 Å². The summed E-state index contributed by atoms with van der Waals surface area (Å²) in [7, 11) is 0. The van der Waals surface area contributed by atoms with Crippen molar-refractivity contribution >= 4 is 33.3 Å². The maximum atomic E-state index is 14.2. The van der Waals surface area contributed by atoms with Gasteiger partial charge in [0, 0.05) is 25.1 Å². The molecule has 3 aromatic rings. The summed E-state index contributed by atoms with van der Waals surface area (Å²) in [6.45, 7) is 0.453. The Hall–Kier alpha value is -1.92. The van der Waals surface area contributed by atoms with E-state index in [1.807, 2.05) is 6.07 Å². The maximum absolute atomic E-state index is 14.2. The molecule has 1 aromatic carbocycles. The van der Waals surface area contributed by atoms with E-state index in [9.17, 15) is 4.39 Å². The highest BCUT2D eigenvalue weighted by atomic mass is 79.9. The molecule has 22 heavy (non-hydrogen) atoms. The van der Waals surface area contributed by atoms with Crippen molar-refractivity contribution in [3.63, 3.8) is 0 Å². The number of aromatic nitrogens is 3. The number of pyridine rings is 1. The summed E-state index contributed by atoms with van der Waals surface area (Å²) in [6.07, 6.45) is 6.42. The van der Waals surface area contributed by atoms with Gasteiger partial charge >= 0.3 is 0 Å². The first kappa shape index (κ1) is 15.0. The smallest absolute Gasteiger partial charge is 0.147 e. The number of rotatable bonds is 4. The lowest BCUT2D eigenvalue weighted by molar-refractivity contribution is 0.616. The minimum absolute atomic E-state index is 0.305. The molecule has 0 fully saturated rings. The maximum Gasteiger partial charge on any atom is 0.147 e. The second kappa shape index (κ2) is 6.46. The zero-order valence-electron chi connectivity index (χ0n) is 11.3. The van der Waals surface area contributed by atoms with Crippen LogP contribution >= 0.6 is 27.5 Å². The van der Waals surface area contributed by atoms with Crippen LogP contribution in [-0.4, -0.2) is 14.5 Å². The fourth-order valence-electron chi connectivity index (χ4n) is 2.00. The molecule has 0 radical (unpaired) electrons. The molecule has 0 saturated carbocycles. The van der Waals surface area contributed by atoms with Gasteiger partial charge in [0.15, 0.2) is 0 Å². The largest absolute Gasteiger partial charge is 0.365 e. The van der Waals surface area contributed by atoms with Gasteiger partial charge in [-0.15, -0.1) is 0 Å². The number of halogens is 3. The normalized spacial score (nSPS) is 10.7. The van der Waals surface area contributed by atoms with Crippen molar-refractivity contribution in [2.75, 3.05) is 5.32 Å². The van der Waals surface area contributed by atoms with E-state index in [-0.39, 0.29) is 5.82 Å². The molecule has 7 heteroatoms. The van der Waals surface area contributed by atoms with Crippen molar-refractivity contribution in [3.05, 3.63) is 70.1 Å². The summed E-state index contributed by atoms with van der Waals surface area (Å²) in [6, 6.07) is 6.82. The quantitative estimate of drug-likeness (QED) is 0.727. The molecule has 4 nitrogen and oxygen atoms in total. The van der Waals surface area contributed by atoms with E-state index in [1.165, 1.54) is 6.07 Å². The van der Waals surface area contributed by atoms with Crippen LogP contribution in [0, 0.1) is 5.82 Å². The number of nitrogens with one attached hydrogen (secondary N) is 1. The van der Waals surface area contributed by atoms with Crippen LogP contribution in [0.5, 0.6) is 0 Å². The van der Waals surface area contributed by atoms with E-state index < -0.39 is 0 Å². The lowest BCUT2D eigenvalue weighted by Gasteiger charge is -2.10. The second-order valence-corrected chi connectivity index (χ2v) is 5.88. The number of nitrogens with zero attached hydrogens (tertiary/aromatic N) is 3. The minimum Gasteiger partial charge on any atom is -0.365 e. The average Bonchev–Trinajstić information content (AvgIpc) is 3.00. The monoisotopic (exact) mass is 380 g/mol. The predicted molar refractivity (Wildman–Crippen MR) is 87.8 cm³/mol. The van der Waals surface area contributed by atoms with Gasteiger partial charge in [0.05, 0.1) is 21.5 Å². The molecule has 0 atom stereocenters. The Balaban J connectivity index is 1.75. The standard InChI is InChI=1S/C15H11BrClFN4/c16-12-6-11(17)8-21-15(12)20-7-10-1-2-14(13(18)5-10)22-4-3-19-9-22/h1-6,8-9H,7H2,(H,20,21). The van der Waals surface area contributed by atoms with E-state index in [0.29, 0.717) is 23.1 Å². The lowest BCUT2D eigenvalue weighted by Crippen LogP contribution is -2.03. The zero-order chi connectivity index (χ0) is 15.5. The molecular formula is C15H11BrClFN4. The molecule has 0 unspecified atom stereocenters. The van der Waals surface area contributed by atoms with Crippen LogP contribution in [0.2, 0.25) is 5.02 Å². The van der Waals surface area contributed by atoms with Gasteiger partial charge in [0.1, 0.15) is 11.6 Å². The van der Waals surface area contributed by atoms with Crippen LogP contribution < -0.4 is 5.32 Å². The molecule has 2 heterocycles. The third-order valence-electron chi connectivity index (χ3n) is 3.06. The Labute approximate surface area is 140 Å². The van der Waals surface area contributed by atoms with E-state index in [2.05, 4.69) is 31.2 Å². The van der Waals surface area contributed by atoms with Crippen LogP contribution in [0.4, 0.5) is 10.2 Å². The molecular weight excluding hydrogens is 371 g/mol. The average molecular weight is 382 g/mol. The summed E-state index contributed by atoms with van der Waals surface area (Å²) in [5.74, 6) is 0.351.